The van der Waals surface area contributed by atoms with E-state index in [0.29, 0.717) is 12.2 Å². The van der Waals surface area contributed by atoms with Crippen LogP contribution in [0.4, 0.5) is 0 Å². The van der Waals surface area contributed by atoms with Crippen molar-refractivity contribution in [1.82, 2.24) is 0 Å². The van der Waals surface area contributed by atoms with Crippen molar-refractivity contribution < 1.29 is 9.90 Å². The number of rotatable bonds is 1. The average Bonchev–Trinajstić information content (AvgIpc) is 1.65. The smallest absolute Gasteiger partial charge is 0.300 e. The topological polar surface area (TPSA) is 89.3 Å². The molecule has 0 aliphatic heterocycles. The summed E-state index contributed by atoms with van der Waals surface area (Å²) in [6.45, 7) is 4.80. The molecule has 0 aromatic rings. The van der Waals surface area contributed by atoms with E-state index in [4.69, 9.17) is 21.4 Å². The second-order valence-electron chi connectivity index (χ2n) is 1.38. The first-order valence-corrected chi connectivity index (χ1v) is 2.33. The molecule has 0 atom stereocenters. The van der Waals surface area contributed by atoms with E-state index in [0.717, 1.165) is 6.92 Å². The van der Waals surface area contributed by atoms with Crippen molar-refractivity contribution in [3.8, 4) is 0 Å². The molecule has 0 aromatic carbocycles. The lowest BCUT2D eigenvalue weighted by atomic mass is 10.5. The number of carbonyl (C=O) groups is 1. The first-order valence-electron chi connectivity index (χ1n) is 2.33. The Morgan fingerprint density at radius 1 is 1.78 bits per heavy atom. The highest BCUT2D eigenvalue weighted by Gasteiger charge is 1.67. The molecule has 0 aromatic heterocycles. The Labute approximate surface area is 54.2 Å². The quantitative estimate of drug-likeness (QED) is 0.449. The van der Waals surface area contributed by atoms with Gasteiger partial charge in [0, 0.05) is 19.2 Å². The van der Waals surface area contributed by atoms with Gasteiger partial charge in [-0.25, -0.2) is 0 Å². The van der Waals surface area contributed by atoms with Crippen LogP contribution < -0.4 is 11.5 Å². The zero-order chi connectivity index (χ0) is 7.86. The van der Waals surface area contributed by atoms with Gasteiger partial charge >= 0.3 is 0 Å². The van der Waals surface area contributed by atoms with Crippen LogP contribution >= 0.6 is 0 Å². The fraction of sp³-hybridized carbons (Fsp3) is 0.400. The lowest BCUT2D eigenvalue weighted by Crippen LogP contribution is -2.08. The molecular formula is C5H12N2O2. The van der Waals surface area contributed by atoms with Crippen LogP contribution in [0.5, 0.6) is 0 Å². The summed E-state index contributed by atoms with van der Waals surface area (Å²) < 4.78 is 0. The summed E-state index contributed by atoms with van der Waals surface area (Å²) in [5.74, 6) is -0.833. The van der Waals surface area contributed by atoms with E-state index in [1.165, 1.54) is 0 Å². The maximum Gasteiger partial charge on any atom is 0.300 e. The molecule has 4 nitrogen and oxygen atoms in total. The zero-order valence-corrected chi connectivity index (χ0v) is 5.42. The molecule has 0 unspecified atom stereocenters. The Balaban J connectivity index is 0. The molecular weight excluding hydrogens is 120 g/mol. The second-order valence-corrected chi connectivity index (χ2v) is 1.38. The molecule has 4 heteroatoms. The Morgan fingerprint density at radius 2 is 1.89 bits per heavy atom. The summed E-state index contributed by atoms with van der Waals surface area (Å²) in [5, 5.41) is 7.42. The molecule has 0 heterocycles. The van der Waals surface area contributed by atoms with E-state index < -0.39 is 5.97 Å². The molecule has 0 saturated heterocycles. The largest absolute Gasteiger partial charge is 0.481 e. The molecule has 5 N–H and O–H groups in total. The molecule has 0 aliphatic rings. The van der Waals surface area contributed by atoms with Gasteiger partial charge in [0.05, 0.1) is 0 Å². The highest BCUT2D eigenvalue weighted by Crippen LogP contribution is 1.59. The molecule has 54 valence electrons. The van der Waals surface area contributed by atoms with Crippen molar-refractivity contribution in [1.29, 1.82) is 0 Å². The number of hydrogen-bond acceptors (Lipinski definition) is 3. The van der Waals surface area contributed by atoms with Crippen LogP contribution in [-0.2, 0) is 4.79 Å². The summed E-state index contributed by atoms with van der Waals surface area (Å²) in [6.07, 6.45) is 0. The summed E-state index contributed by atoms with van der Waals surface area (Å²) in [7, 11) is 0. The van der Waals surface area contributed by atoms with E-state index in [1.807, 2.05) is 0 Å². The number of aliphatic carboxylic acids is 1. The van der Waals surface area contributed by atoms with E-state index in [2.05, 4.69) is 6.58 Å². The Hall–Kier alpha value is -1.03. The van der Waals surface area contributed by atoms with Gasteiger partial charge in [0.2, 0.25) is 0 Å². The van der Waals surface area contributed by atoms with Gasteiger partial charge in [-0.3, -0.25) is 4.79 Å². The first kappa shape index (κ1) is 10.9. The molecule has 9 heavy (non-hydrogen) atoms. The van der Waals surface area contributed by atoms with Gasteiger partial charge in [-0.2, -0.15) is 0 Å². The standard InChI is InChI=1S/C3H8N2.C2H4O2/c1-3(5)2-4;1-2(3)4/h1-2,4-5H2;1H3,(H,3,4). The summed E-state index contributed by atoms with van der Waals surface area (Å²) in [6, 6.07) is 0. The fourth-order valence-corrected chi connectivity index (χ4v) is 0. The average molecular weight is 132 g/mol. The van der Waals surface area contributed by atoms with Crippen molar-refractivity contribution >= 4 is 5.97 Å². The number of hydrogen-bond donors (Lipinski definition) is 3. The SMILES string of the molecule is C=C(N)CN.CC(=O)O. The van der Waals surface area contributed by atoms with E-state index in [-0.39, 0.29) is 0 Å². The van der Waals surface area contributed by atoms with E-state index >= 15 is 0 Å². The van der Waals surface area contributed by atoms with Gasteiger partial charge in [-0.05, 0) is 0 Å². The number of carboxylic acids is 1. The van der Waals surface area contributed by atoms with Crippen molar-refractivity contribution in [3.63, 3.8) is 0 Å². The molecule has 0 aliphatic carbocycles. The van der Waals surface area contributed by atoms with Crippen molar-refractivity contribution in [3.05, 3.63) is 12.3 Å². The van der Waals surface area contributed by atoms with Gasteiger partial charge in [-0.15, -0.1) is 0 Å². The van der Waals surface area contributed by atoms with Crippen LogP contribution in [0.15, 0.2) is 12.3 Å². The third-order valence-corrected chi connectivity index (χ3v) is 0.262. The van der Waals surface area contributed by atoms with Crippen LogP contribution in [0.1, 0.15) is 6.92 Å². The molecule has 0 fully saturated rings. The second kappa shape index (κ2) is 6.97. The summed E-state index contributed by atoms with van der Waals surface area (Å²) in [5.41, 5.74) is 10.5. The van der Waals surface area contributed by atoms with Gasteiger partial charge in [0.1, 0.15) is 0 Å². The minimum atomic E-state index is -0.833. The highest BCUT2D eigenvalue weighted by molar-refractivity contribution is 5.62. The Kier molecular flexibility index (Phi) is 8.41. The number of carboxylic acid groups (broad SMARTS) is 1. The molecule has 0 bridgehead atoms. The first-order chi connectivity index (χ1) is 4.00. The van der Waals surface area contributed by atoms with Gasteiger partial charge in [0.15, 0.2) is 0 Å². The molecule has 0 radical (unpaired) electrons. The van der Waals surface area contributed by atoms with E-state index in [1.54, 1.807) is 0 Å². The summed E-state index contributed by atoms with van der Waals surface area (Å²) in [4.78, 5) is 9.00. The van der Waals surface area contributed by atoms with Crippen molar-refractivity contribution in [2.75, 3.05) is 6.54 Å². The van der Waals surface area contributed by atoms with Crippen LogP contribution in [0.2, 0.25) is 0 Å². The Bertz CT molecular complexity index is 97.1. The molecule has 0 saturated carbocycles. The normalized spacial score (nSPS) is 6.89. The van der Waals surface area contributed by atoms with Gasteiger partial charge in [0.25, 0.3) is 5.97 Å². The van der Waals surface area contributed by atoms with Crippen LogP contribution in [0.25, 0.3) is 0 Å². The predicted octanol–water partition coefficient (Wildman–Crippen LogP) is -0.492. The molecule has 0 rings (SSSR count). The zero-order valence-electron chi connectivity index (χ0n) is 5.42. The third-order valence-electron chi connectivity index (χ3n) is 0.262. The fourth-order valence-electron chi connectivity index (χ4n) is 0. The van der Waals surface area contributed by atoms with Crippen molar-refractivity contribution in [2.45, 2.75) is 6.92 Å². The number of nitrogens with two attached hydrogens (primary N) is 2. The van der Waals surface area contributed by atoms with Gasteiger partial charge < -0.3 is 16.6 Å². The van der Waals surface area contributed by atoms with Crippen molar-refractivity contribution in [2.24, 2.45) is 11.5 Å². The van der Waals surface area contributed by atoms with Gasteiger partial charge in [-0.1, -0.05) is 6.58 Å². The minimum Gasteiger partial charge on any atom is -0.481 e. The molecule has 0 spiro atoms. The predicted molar refractivity (Wildman–Crippen MR) is 35.7 cm³/mol. The van der Waals surface area contributed by atoms with Crippen LogP contribution in [0.3, 0.4) is 0 Å². The van der Waals surface area contributed by atoms with E-state index in [9.17, 15) is 0 Å². The Morgan fingerprint density at radius 3 is 1.89 bits per heavy atom. The summed E-state index contributed by atoms with van der Waals surface area (Å²) >= 11 is 0. The maximum absolute atomic E-state index is 9.00. The molecule has 0 amide bonds. The minimum absolute atomic E-state index is 0.389. The lowest BCUT2D eigenvalue weighted by molar-refractivity contribution is -0.134. The lowest BCUT2D eigenvalue weighted by Gasteiger charge is -1.82. The highest BCUT2D eigenvalue weighted by atomic mass is 16.4. The maximum atomic E-state index is 9.00. The third kappa shape index (κ3) is 183. The van der Waals surface area contributed by atoms with Crippen LogP contribution in [0, 0.1) is 0 Å². The monoisotopic (exact) mass is 132 g/mol. The van der Waals surface area contributed by atoms with Crippen LogP contribution in [-0.4, -0.2) is 17.6 Å².